The van der Waals surface area contributed by atoms with E-state index in [0.29, 0.717) is 11.4 Å². The van der Waals surface area contributed by atoms with Crippen molar-refractivity contribution in [1.29, 1.82) is 5.26 Å². The van der Waals surface area contributed by atoms with E-state index < -0.39 is 29.9 Å². The van der Waals surface area contributed by atoms with Crippen LogP contribution in [-0.2, 0) is 9.53 Å². The van der Waals surface area contributed by atoms with Crippen LogP contribution in [0.1, 0.15) is 58.9 Å². The van der Waals surface area contributed by atoms with Gasteiger partial charge in [0.2, 0.25) is 0 Å². The van der Waals surface area contributed by atoms with Gasteiger partial charge in [0.25, 0.3) is 5.91 Å². The zero-order chi connectivity index (χ0) is 21.1. The number of carbonyl (C=O) groups excluding carboxylic acids is 2. The number of hydrogen-bond acceptors (Lipinski definition) is 4. The maximum Gasteiger partial charge on any atom is 0.343 e. The first-order valence-electron chi connectivity index (χ1n) is 9.37. The highest BCUT2D eigenvalue weighted by Gasteiger charge is 2.27. The third-order valence-electron chi connectivity index (χ3n) is 5.32. The van der Waals surface area contributed by atoms with Crippen molar-refractivity contribution in [2.24, 2.45) is 0 Å². The number of ether oxygens (including phenoxy) is 1. The first-order chi connectivity index (χ1) is 13.8. The summed E-state index contributed by atoms with van der Waals surface area (Å²) in [6.07, 6.45) is 4.14. The number of esters is 1. The molecule has 29 heavy (non-hydrogen) atoms. The molecule has 0 radical (unpaired) electrons. The number of nitrogens with one attached hydrogen (secondary N) is 1. The van der Waals surface area contributed by atoms with Crippen LogP contribution < -0.4 is 5.32 Å². The van der Waals surface area contributed by atoms with E-state index in [9.17, 15) is 19.2 Å². The predicted octanol–water partition coefficient (Wildman–Crippen LogP) is 4.68. The summed E-state index contributed by atoms with van der Waals surface area (Å²) >= 11 is 5.84. The molecule has 1 N–H and O–H groups in total. The molecule has 6 nitrogen and oxygen atoms in total. The van der Waals surface area contributed by atoms with E-state index in [0.717, 1.165) is 43.0 Å². The van der Waals surface area contributed by atoms with Crippen LogP contribution in [-0.4, -0.2) is 23.1 Å². The third-order valence-corrected chi connectivity index (χ3v) is 5.63. The van der Waals surface area contributed by atoms with Gasteiger partial charge in [-0.2, -0.15) is 5.26 Å². The molecule has 1 amide bonds. The van der Waals surface area contributed by atoms with Gasteiger partial charge in [0, 0.05) is 11.7 Å². The summed E-state index contributed by atoms with van der Waals surface area (Å²) in [7, 11) is 0. The molecule has 0 bridgehead atoms. The minimum Gasteiger partial charge on any atom is -0.452 e. The summed E-state index contributed by atoms with van der Waals surface area (Å²) in [6.45, 7) is 3.14. The Kier molecular flexibility index (Phi) is 6.23. The Morgan fingerprint density at radius 1 is 1.34 bits per heavy atom. The van der Waals surface area contributed by atoms with Crippen molar-refractivity contribution >= 4 is 29.3 Å². The lowest BCUT2D eigenvalue weighted by Crippen LogP contribution is -2.24. The monoisotopic (exact) mass is 417 g/mol. The van der Waals surface area contributed by atoms with Crippen molar-refractivity contribution in [3.8, 4) is 6.07 Å². The second-order valence-electron chi connectivity index (χ2n) is 7.08. The van der Waals surface area contributed by atoms with Crippen LogP contribution in [0.2, 0.25) is 5.02 Å². The molecule has 0 saturated heterocycles. The summed E-state index contributed by atoms with van der Waals surface area (Å²) in [5.41, 5.74) is 1.72. The molecule has 0 aliphatic heterocycles. The number of halogens is 2. The fraction of sp³-hybridized carbons (Fsp3) is 0.381. The Labute approximate surface area is 173 Å². The third kappa shape index (κ3) is 4.13. The summed E-state index contributed by atoms with van der Waals surface area (Å²) < 4.78 is 20.7. The molecule has 152 valence electrons. The van der Waals surface area contributed by atoms with E-state index in [-0.39, 0.29) is 11.1 Å². The summed E-state index contributed by atoms with van der Waals surface area (Å²) in [6, 6.07) is 6.18. The fourth-order valence-corrected chi connectivity index (χ4v) is 4.01. The summed E-state index contributed by atoms with van der Waals surface area (Å²) in [4.78, 5) is 24.6. The Balaban J connectivity index is 1.76. The lowest BCUT2D eigenvalue weighted by atomic mass is 10.2. The molecular weight excluding hydrogens is 397 g/mol. The quantitative estimate of drug-likeness (QED) is 0.716. The minimum absolute atomic E-state index is 0.0939. The Hall–Kier alpha value is -2.85. The molecule has 1 aromatic carbocycles. The lowest BCUT2D eigenvalue weighted by molar-refractivity contribution is -0.119. The standard InChI is InChI=1S/C21H21ClFN3O3/c1-12-13(2)26(14-6-3-4-7-14)20(15(12)10-24)25-18(27)11-29-21(28)19-16(22)8-5-9-17(19)23/h5,8-9,14H,3-4,6-7,11H2,1-2H3,(H,25,27). The number of nitrogens with zero attached hydrogens (tertiary/aromatic N) is 2. The van der Waals surface area contributed by atoms with Crippen LogP contribution in [0.25, 0.3) is 0 Å². The van der Waals surface area contributed by atoms with Crippen molar-refractivity contribution in [2.75, 3.05) is 11.9 Å². The van der Waals surface area contributed by atoms with Crippen molar-refractivity contribution < 1.29 is 18.7 Å². The minimum atomic E-state index is -1.03. The molecule has 0 unspecified atom stereocenters. The van der Waals surface area contributed by atoms with Gasteiger partial charge in [-0.3, -0.25) is 4.79 Å². The Morgan fingerprint density at radius 3 is 2.66 bits per heavy atom. The molecule has 1 heterocycles. The van der Waals surface area contributed by atoms with Gasteiger partial charge in [0.1, 0.15) is 23.3 Å². The topological polar surface area (TPSA) is 84.1 Å². The van der Waals surface area contributed by atoms with Crippen molar-refractivity contribution in [3.05, 3.63) is 51.4 Å². The number of anilines is 1. The van der Waals surface area contributed by atoms with E-state index in [1.807, 2.05) is 18.4 Å². The van der Waals surface area contributed by atoms with Crippen molar-refractivity contribution in [3.63, 3.8) is 0 Å². The summed E-state index contributed by atoms with van der Waals surface area (Å²) in [5, 5.41) is 12.2. The van der Waals surface area contributed by atoms with E-state index >= 15 is 0 Å². The number of hydrogen-bond donors (Lipinski definition) is 1. The zero-order valence-corrected chi connectivity index (χ0v) is 17.0. The van der Waals surface area contributed by atoms with Crippen LogP contribution in [0.5, 0.6) is 0 Å². The van der Waals surface area contributed by atoms with Crippen LogP contribution in [0, 0.1) is 31.0 Å². The van der Waals surface area contributed by atoms with E-state index in [2.05, 4.69) is 11.4 Å². The molecule has 0 atom stereocenters. The highest BCUT2D eigenvalue weighted by atomic mass is 35.5. The first-order valence-corrected chi connectivity index (χ1v) is 9.75. The number of benzene rings is 1. The van der Waals surface area contributed by atoms with E-state index in [1.165, 1.54) is 12.1 Å². The SMILES string of the molecule is Cc1c(C#N)c(NC(=O)COC(=O)c2c(F)cccc2Cl)n(C2CCCC2)c1C. The molecule has 1 aliphatic carbocycles. The molecule has 1 aromatic heterocycles. The molecule has 2 aromatic rings. The highest BCUT2D eigenvalue weighted by Crippen LogP contribution is 2.37. The molecule has 1 fully saturated rings. The van der Waals surface area contributed by atoms with Crippen molar-refractivity contribution in [1.82, 2.24) is 4.57 Å². The van der Waals surface area contributed by atoms with Gasteiger partial charge >= 0.3 is 5.97 Å². The highest BCUT2D eigenvalue weighted by molar-refractivity contribution is 6.33. The molecular formula is C21H21ClFN3O3. The van der Waals surface area contributed by atoms with Crippen LogP contribution in [0.4, 0.5) is 10.2 Å². The number of carbonyl (C=O) groups is 2. The largest absolute Gasteiger partial charge is 0.452 e. The smallest absolute Gasteiger partial charge is 0.343 e. The molecule has 0 spiro atoms. The number of amides is 1. The molecule has 1 aliphatic rings. The second-order valence-corrected chi connectivity index (χ2v) is 7.48. The molecule has 3 rings (SSSR count). The number of aromatic nitrogens is 1. The van der Waals surface area contributed by atoms with Crippen LogP contribution in [0.15, 0.2) is 18.2 Å². The first kappa shape index (κ1) is 20.9. The predicted molar refractivity (Wildman–Crippen MR) is 106 cm³/mol. The normalized spacial score (nSPS) is 13.9. The Morgan fingerprint density at radius 2 is 2.03 bits per heavy atom. The maximum atomic E-state index is 13.8. The maximum absolute atomic E-state index is 13.8. The average Bonchev–Trinajstić information content (AvgIpc) is 3.27. The average molecular weight is 418 g/mol. The van der Waals surface area contributed by atoms with Gasteiger partial charge in [0.05, 0.1) is 10.6 Å². The van der Waals surface area contributed by atoms with E-state index in [1.54, 1.807) is 0 Å². The number of nitriles is 1. The Bertz CT molecular complexity index is 983. The number of rotatable bonds is 5. The van der Waals surface area contributed by atoms with Gasteiger partial charge < -0.3 is 14.6 Å². The van der Waals surface area contributed by atoms with Gasteiger partial charge in [-0.15, -0.1) is 0 Å². The van der Waals surface area contributed by atoms with E-state index in [4.69, 9.17) is 16.3 Å². The lowest BCUT2D eigenvalue weighted by Gasteiger charge is -2.19. The van der Waals surface area contributed by atoms with Crippen LogP contribution in [0.3, 0.4) is 0 Å². The van der Waals surface area contributed by atoms with Crippen LogP contribution >= 0.6 is 11.6 Å². The van der Waals surface area contributed by atoms with Gasteiger partial charge in [-0.25, -0.2) is 9.18 Å². The van der Waals surface area contributed by atoms with Crippen molar-refractivity contribution in [2.45, 2.75) is 45.6 Å². The second kappa shape index (κ2) is 8.66. The fourth-order valence-electron chi connectivity index (χ4n) is 3.77. The molecule has 8 heteroatoms. The van der Waals surface area contributed by atoms with Gasteiger partial charge in [0.15, 0.2) is 6.61 Å². The summed E-state index contributed by atoms with van der Waals surface area (Å²) in [5.74, 6) is -2.04. The van der Waals surface area contributed by atoms with Gasteiger partial charge in [-0.05, 0) is 44.4 Å². The zero-order valence-electron chi connectivity index (χ0n) is 16.2. The van der Waals surface area contributed by atoms with Gasteiger partial charge in [-0.1, -0.05) is 30.5 Å². The molecule has 1 saturated carbocycles.